The van der Waals surface area contributed by atoms with Crippen LogP contribution in [0.3, 0.4) is 0 Å². The van der Waals surface area contributed by atoms with Gasteiger partial charge in [-0.3, -0.25) is 24.4 Å². The number of hydrogen-bond acceptors (Lipinski definition) is 9. The van der Waals surface area contributed by atoms with Crippen molar-refractivity contribution in [3.63, 3.8) is 0 Å². The molecule has 0 aliphatic rings. The normalized spacial score (nSPS) is 10.4. The van der Waals surface area contributed by atoms with Crippen LogP contribution >= 0.6 is 11.3 Å². The molecule has 0 saturated carbocycles. The predicted molar refractivity (Wildman–Crippen MR) is 97.6 cm³/mol. The van der Waals surface area contributed by atoms with Crippen LogP contribution in [0.2, 0.25) is 0 Å². The van der Waals surface area contributed by atoms with E-state index in [-0.39, 0.29) is 40.0 Å². The van der Waals surface area contributed by atoms with Crippen molar-refractivity contribution in [1.29, 1.82) is 0 Å². The molecule has 3 N–H and O–H groups in total. The van der Waals surface area contributed by atoms with Gasteiger partial charge in [0.1, 0.15) is 11.2 Å². The number of ether oxygens (including phenoxy) is 2. The first-order valence-corrected chi connectivity index (χ1v) is 8.58. The van der Waals surface area contributed by atoms with Gasteiger partial charge >= 0.3 is 17.5 Å². The second kappa shape index (κ2) is 8.47. The molecule has 2 rings (SSSR count). The molecule has 2 heterocycles. The van der Waals surface area contributed by atoms with Crippen molar-refractivity contribution in [3.8, 4) is 5.88 Å². The number of aryl methyl sites for hydroxylation is 1. The van der Waals surface area contributed by atoms with Crippen molar-refractivity contribution in [2.75, 3.05) is 19.5 Å². The van der Waals surface area contributed by atoms with E-state index in [1.165, 1.54) is 25.8 Å². The van der Waals surface area contributed by atoms with Gasteiger partial charge in [-0.1, -0.05) is 0 Å². The molecule has 0 radical (unpaired) electrons. The zero-order chi connectivity index (χ0) is 21.0. The van der Waals surface area contributed by atoms with Crippen molar-refractivity contribution in [2.24, 2.45) is 5.73 Å². The smallest absolute Gasteiger partial charge is 0.350 e. The van der Waals surface area contributed by atoms with Crippen LogP contribution in [0.4, 0.5) is 10.7 Å². The number of nitrogens with two attached hydrogens (primary N) is 1. The Hall–Kier alpha value is -3.48. The van der Waals surface area contributed by atoms with Crippen LogP contribution in [0.15, 0.2) is 6.20 Å². The number of nitrogens with zero attached hydrogens (tertiary/aromatic N) is 3. The third kappa shape index (κ3) is 4.25. The van der Waals surface area contributed by atoms with Crippen LogP contribution in [-0.4, -0.2) is 46.7 Å². The van der Waals surface area contributed by atoms with E-state index in [0.717, 1.165) is 17.5 Å². The van der Waals surface area contributed by atoms with Crippen molar-refractivity contribution in [1.82, 2.24) is 9.78 Å². The molecule has 0 aliphatic heterocycles. The van der Waals surface area contributed by atoms with E-state index in [4.69, 9.17) is 10.5 Å². The van der Waals surface area contributed by atoms with Crippen LogP contribution in [-0.2, 0) is 16.1 Å². The summed E-state index contributed by atoms with van der Waals surface area (Å²) in [5.41, 5.74) is 5.32. The molecule has 0 bridgehead atoms. The lowest BCUT2D eigenvalue weighted by Crippen LogP contribution is -2.16. The standard InChI is InChI=1S/C15H17N5O7S/c1-7-10(15(23)27-3)14(28-11(7)12(16)22)17-9(21)4-5-19-6-8(20(24)25)13(18-19)26-2/h6H,4-5H2,1-3H3,(H2,16,22)(H,17,21). The minimum Gasteiger partial charge on any atom is -0.475 e. The SMILES string of the molecule is COC(=O)c1c(NC(=O)CCn2cc([N+](=O)[O-])c(OC)n2)sc(C(N)=O)c1C. The van der Waals surface area contributed by atoms with E-state index < -0.39 is 22.7 Å². The van der Waals surface area contributed by atoms with Gasteiger partial charge in [0.25, 0.3) is 5.91 Å². The molecule has 0 saturated heterocycles. The quantitative estimate of drug-likeness (QED) is 0.369. The third-order valence-corrected chi connectivity index (χ3v) is 4.90. The minimum atomic E-state index is -0.732. The molecule has 28 heavy (non-hydrogen) atoms. The van der Waals surface area contributed by atoms with Crippen molar-refractivity contribution in [2.45, 2.75) is 19.9 Å². The fraction of sp³-hybridized carbons (Fsp3) is 0.333. The topological polar surface area (TPSA) is 169 Å². The number of rotatable bonds is 8. The van der Waals surface area contributed by atoms with Gasteiger partial charge < -0.3 is 20.5 Å². The largest absolute Gasteiger partial charge is 0.475 e. The lowest BCUT2D eigenvalue weighted by Gasteiger charge is -2.06. The van der Waals surface area contributed by atoms with Crippen molar-refractivity contribution >= 4 is 39.8 Å². The van der Waals surface area contributed by atoms with Gasteiger partial charge in [0, 0.05) is 6.42 Å². The number of carbonyl (C=O) groups excluding carboxylic acids is 3. The van der Waals surface area contributed by atoms with Crippen LogP contribution in [0, 0.1) is 17.0 Å². The Balaban J connectivity index is 2.15. The number of nitro groups is 1. The summed E-state index contributed by atoms with van der Waals surface area (Å²) >= 11 is 0.863. The lowest BCUT2D eigenvalue weighted by atomic mass is 10.1. The number of methoxy groups -OCH3 is 2. The first-order chi connectivity index (χ1) is 13.2. The minimum absolute atomic E-state index is 0.0244. The first kappa shape index (κ1) is 20.8. The molecule has 2 aromatic rings. The molecule has 0 unspecified atom stereocenters. The maximum atomic E-state index is 12.3. The Morgan fingerprint density at radius 3 is 2.57 bits per heavy atom. The summed E-state index contributed by atoms with van der Waals surface area (Å²) in [6.45, 7) is 1.55. The predicted octanol–water partition coefficient (Wildman–Crippen LogP) is 1.08. The Bertz CT molecular complexity index is 949. The fourth-order valence-corrected chi connectivity index (χ4v) is 3.43. The molecule has 0 fully saturated rings. The number of esters is 1. The molecule has 0 aliphatic carbocycles. The number of nitrogens with one attached hydrogen (secondary N) is 1. The van der Waals surface area contributed by atoms with Crippen molar-refractivity contribution < 1.29 is 28.8 Å². The van der Waals surface area contributed by atoms with Crippen LogP contribution in [0.1, 0.15) is 32.0 Å². The highest BCUT2D eigenvalue weighted by Crippen LogP contribution is 2.33. The molecule has 0 aromatic carbocycles. The van der Waals surface area contributed by atoms with E-state index in [9.17, 15) is 24.5 Å². The highest BCUT2D eigenvalue weighted by atomic mass is 32.1. The fourth-order valence-electron chi connectivity index (χ4n) is 2.37. The summed E-state index contributed by atoms with van der Waals surface area (Å²) in [4.78, 5) is 46.1. The monoisotopic (exact) mass is 411 g/mol. The molecular weight excluding hydrogens is 394 g/mol. The maximum absolute atomic E-state index is 12.3. The summed E-state index contributed by atoms with van der Waals surface area (Å²) in [6.07, 6.45) is 1.04. The average Bonchev–Trinajstić information content (AvgIpc) is 3.20. The summed E-state index contributed by atoms with van der Waals surface area (Å²) in [6, 6.07) is 0. The van der Waals surface area contributed by atoms with Crippen LogP contribution in [0.5, 0.6) is 5.88 Å². The van der Waals surface area contributed by atoms with E-state index >= 15 is 0 Å². The van der Waals surface area contributed by atoms with E-state index in [0.29, 0.717) is 5.56 Å². The second-order valence-electron chi connectivity index (χ2n) is 5.46. The van der Waals surface area contributed by atoms with Crippen molar-refractivity contribution in [3.05, 3.63) is 32.3 Å². The Morgan fingerprint density at radius 2 is 2.07 bits per heavy atom. The Morgan fingerprint density at radius 1 is 1.39 bits per heavy atom. The average molecular weight is 411 g/mol. The van der Waals surface area contributed by atoms with E-state index in [1.54, 1.807) is 0 Å². The molecule has 13 heteroatoms. The number of primary amides is 1. The molecule has 0 atom stereocenters. The van der Waals surface area contributed by atoms with Gasteiger partial charge in [0.2, 0.25) is 5.91 Å². The molecule has 150 valence electrons. The number of hydrogen-bond donors (Lipinski definition) is 2. The van der Waals surface area contributed by atoms with Crippen LogP contribution in [0.25, 0.3) is 0 Å². The van der Waals surface area contributed by atoms with Gasteiger partial charge in [0.15, 0.2) is 0 Å². The highest BCUT2D eigenvalue weighted by molar-refractivity contribution is 7.18. The van der Waals surface area contributed by atoms with Gasteiger partial charge in [-0.25, -0.2) is 4.79 Å². The summed E-state index contributed by atoms with van der Waals surface area (Å²) in [5, 5.41) is 17.4. The van der Waals surface area contributed by atoms with Gasteiger partial charge in [-0.2, -0.15) is 0 Å². The molecule has 0 spiro atoms. The van der Waals surface area contributed by atoms with E-state index in [2.05, 4.69) is 15.2 Å². The Labute approximate surface area is 162 Å². The van der Waals surface area contributed by atoms with Gasteiger partial charge in [-0.15, -0.1) is 16.4 Å². The number of amides is 2. The molecule has 12 nitrogen and oxygen atoms in total. The second-order valence-corrected chi connectivity index (χ2v) is 6.48. The molecule has 2 amide bonds. The summed E-state index contributed by atoms with van der Waals surface area (Å²) in [5.74, 6) is -2.12. The van der Waals surface area contributed by atoms with Gasteiger partial charge in [-0.05, 0) is 12.5 Å². The maximum Gasteiger partial charge on any atom is 0.350 e. The number of anilines is 1. The third-order valence-electron chi connectivity index (χ3n) is 3.68. The summed E-state index contributed by atoms with van der Waals surface area (Å²) < 4.78 is 10.7. The molecular formula is C15H17N5O7S. The number of thiophene rings is 1. The summed E-state index contributed by atoms with van der Waals surface area (Å²) in [7, 11) is 2.42. The zero-order valence-corrected chi connectivity index (χ0v) is 16.0. The zero-order valence-electron chi connectivity index (χ0n) is 15.2. The molecule has 2 aromatic heterocycles. The van der Waals surface area contributed by atoms with Crippen LogP contribution < -0.4 is 15.8 Å². The highest BCUT2D eigenvalue weighted by Gasteiger charge is 2.25. The number of carbonyl (C=O) groups is 3. The lowest BCUT2D eigenvalue weighted by molar-refractivity contribution is -0.385. The first-order valence-electron chi connectivity index (χ1n) is 7.76. The Kier molecular flexibility index (Phi) is 6.30. The van der Waals surface area contributed by atoms with E-state index in [1.807, 2.05) is 0 Å². The van der Waals surface area contributed by atoms with Gasteiger partial charge in [0.05, 0.1) is 36.1 Å². The number of aromatic nitrogens is 2.